The van der Waals surface area contributed by atoms with E-state index in [9.17, 15) is 4.79 Å². The maximum Gasteiger partial charge on any atom is 0.242 e. The molecule has 0 spiro atoms. The van der Waals surface area contributed by atoms with Crippen LogP contribution in [0, 0.1) is 13.8 Å². The number of para-hydroxylation sites is 1. The Hall–Kier alpha value is -2.30. The van der Waals surface area contributed by atoms with Crippen molar-refractivity contribution in [3.05, 3.63) is 47.3 Å². The van der Waals surface area contributed by atoms with Crippen LogP contribution in [0.4, 0.5) is 0 Å². The quantitative estimate of drug-likeness (QED) is 0.918. The molecular weight excluding hydrogens is 266 g/mol. The van der Waals surface area contributed by atoms with E-state index < -0.39 is 0 Å². The first-order valence-corrected chi connectivity index (χ1v) is 6.94. The van der Waals surface area contributed by atoms with Crippen LogP contribution in [0.2, 0.25) is 0 Å². The average molecular weight is 287 g/mol. The van der Waals surface area contributed by atoms with Crippen molar-refractivity contribution in [3.63, 3.8) is 0 Å². The molecule has 21 heavy (non-hydrogen) atoms. The van der Waals surface area contributed by atoms with Gasteiger partial charge in [0.05, 0.1) is 18.8 Å². The van der Waals surface area contributed by atoms with Gasteiger partial charge in [0.2, 0.25) is 5.91 Å². The largest absolute Gasteiger partial charge is 0.496 e. The standard InChI is InChI=1S/C16H21N3O2/c1-11-9-12(2)19(18-11)10-16(20)17-13(3)14-7-5-6-8-15(14)21-4/h5-9,13H,10H2,1-4H3,(H,17,20)/t13-/m0/s1. The topological polar surface area (TPSA) is 56.1 Å². The summed E-state index contributed by atoms with van der Waals surface area (Å²) in [4.78, 5) is 12.1. The first-order valence-electron chi connectivity index (χ1n) is 6.94. The zero-order chi connectivity index (χ0) is 15.4. The van der Waals surface area contributed by atoms with Gasteiger partial charge in [-0.2, -0.15) is 5.10 Å². The maximum absolute atomic E-state index is 12.1. The lowest BCUT2D eigenvalue weighted by Crippen LogP contribution is -2.31. The van der Waals surface area contributed by atoms with E-state index in [2.05, 4.69) is 10.4 Å². The number of carbonyl (C=O) groups is 1. The second kappa shape index (κ2) is 6.43. The van der Waals surface area contributed by atoms with E-state index in [1.54, 1.807) is 11.8 Å². The number of methoxy groups -OCH3 is 1. The van der Waals surface area contributed by atoms with E-state index in [-0.39, 0.29) is 18.5 Å². The Bertz CT molecular complexity index is 634. The Labute approximate surface area is 124 Å². The van der Waals surface area contributed by atoms with Crippen molar-refractivity contribution >= 4 is 5.91 Å². The number of aromatic nitrogens is 2. The van der Waals surface area contributed by atoms with Crippen LogP contribution < -0.4 is 10.1 Å². The van der Waals surface area contributed by atoms with Crippen molar-refractivity contribution in [2.45, 2.75) is 33.4 Å². The smallest absolute Gasteiger partial charge is 0.242 e. The molecule has 2 aromatic rings. The number of amides is 1. The van der Waals surface area contributed by atoms with Crippen LogP contribution in [-0.2, 0) is 11.3 Å². The minimum atomic E-state index is -0.120. The van der Waals surface area contributed by atoms with E-state index in [1.165, 1.54) is 0 Å². The third kappa shape index (κ3) is 3.62. The van der Waals surface area contributed by atoms with Crippen LogP contribution in [0.3, 0.4) is 0 Å². The number of hydrogen-bond donors (Lipinski definition) is 1. The molecule has 1 atom stereocenters. The van der Waals surface area contributed by atoms with Gasteiger partial charge in [-0.3, -0.25) is 9.48 Å². The van der Waals surface area contributed by atoms with Crippen molar-refractivity contribution in [2.75, 3.05) is 7.11 Å². The Kier molecular flexibility index (Phi) is 4.62. The predicted octanol–water partition coefficient (Wildman–Crippen LogP) is 2.39. The molecule has 112 valence electrons. The fourth-order valence-corrected chi connectivity index (χ4v) is 2.36. The Morgan fingerprint density at radius 1 is 1.38 bits per heavy atom. The molecular formula is C16H21N3O2. The van der Waals surface area contributed by atoms with Crippen LogP contribution in [-0.4, -0.2) is 22.8 Å². The summed E-state index contributed by atoms with van der Waals surface area (Å²) in [5.74, 6) is 0.705. The number of nitrogens with one attached hydrogen (secondary N) is 1. The van der Waals surface area contributed by atoms with E-state index in [0.717, 1.165) is 22.7 Å². The van der Waals surface area contributed by atoms with Crippen molar-refractivity contribution in [1.82, 2.24) is 15.1 Å². The zero-order valence-corrected chi connectivity index (χ0v) is 12.9. The normalized spacial score (nSPS) is 12.0. The fourth-order valence-electron chi connectivity index (χ4n) is 2.36. The van der Waals surface area contributed by atoms with Crippen LogP contribution in [0.15, 0.2) is 30.3 Å². The van der Waals surface area contributed by atoms with Crippen LogP contribution in [0.1, 0.15) is 29.9 Å². The number of hydrogen-bond acceptors (Lipinski definition) is 3. The van der Waals surface area contributed by atoms with Gasteiger partial charge >= 0.3 is 0 Å². The van der Waals surface area contributed by atoms with E-state index in [0.29, 0.717) is 0 Å². The summed E-state index contributed by atoms with van der Waals surface area (Å²) in [6.07, 6.45) is 0. The number of aryl methyl sites for hydroxylation is 2. The summed E-state index contributed by atoms with van der Waals surface area (Å²) in [5.41, 5.74) is 2.85. The van der Waals surface area contributed by atoms with Gasteiger partial charge in [0.25, 0.3) is 0 Å². The van der Waals surface area contributed by atoms with Gasteiger partial charge in [0.15, 0.2) is 0 Å². The summed E-state index contributed by atoms with van der Waals surface area (Å²) in [7, 11) is 1.63. The van der Waals surface area contributed by atoms with Gasteiger partial charge in [-0.25, -0.2) is 0 Å². The highest BCUT2D eigenvalue weighted by Gasteiger charge is 2.14. The highest BCUT2D eigenvalue weighted by molar-refractivity contribution is 5.76. The molecule has 0 radical (unpaired) electrons. The molecule has 2 rings (SSSR count). The van der Waals surface area contributed by atoms with E-state index in [4.69, 9.17) is 4.74 Å². The predicted molar refractivity (Wildman–Crippen MR) is 81.3 cm³/mol. The molecule has 1 heterocycles. The summed E-state index contributed by atoms with van der Waals surface area (Å²) in [6.45, 7) is 6.02. The molecule has 0 aliphatic rings. The van der Waals surface area contributed by atoms with Crippen molar-refractivity contribution < 1.29 is 9.53 Å². The van der Waals surface area contributed by atoms with Crippen LogP contribution >= 0.6 is 0 Å². The molecule has 0 bridgehead atoms. The number of carbonyl (C=O) groups excluding carboxylic acids is 1. The van der Waals surface area contributed by atoms with Crippen molar-refractivity contribution in [3.8, 4) is 5.75 Å². The van der Waals surface area contributed by atoms with Crippen molar-refractivity contribution in [1.29, 1.82) is 0 Å². The van der Waals surface area contributed by atoms with Crippen LogP contribution in [0.25, 0.3) is 0 Å². The molecule has 0 saturated heterocycles. The monoisotopic (exact) mass is 287 g/mol. The first-order chi connectivity index (χ1) is 10.0. The highest BCUT2D eigenvalue weighted by Crippen LogP contribution is 2.24. The second-order valence-corrected chi connectivity index (χ2v) is 5.12. The lowest BCUT2D eigenvalue weighted by Gasteiger charge is -2.17. The summed E-state index contributed by atoms with van der Waals surface area (Å²) in [6, 6.07) is 9.52. The Morgan fingerprint density at radius 2 is 2.10 bits per heavy atom. The maximum atomic E-state index is 12.1. The minimum absolute atomic E-state index is 0.0698. The van der Waals surface area contributed by atoms with Gasteiger partial charge in [0, 0.05) is 11.3 Å². The number of ether oxygens (including phenoxy) is 1. The SMILES string of the molecule is COc1ccccc1[C@H](C)NC(=O)Cn1nc(C)cc1C. The molecule has 0 saturated carbocycles. The number of benzene rings is 1. The second-order valence-electron chi connectivity index (χ2n) is 5.12. The fraction of sp³-hybridized carbons (Fsp3) is 0.375. The molecule has 5 nitrogen and oxygen atoms in total. The molecule has 0 fully saturated rings. The van der Waals surface area contributed by atoms with Gasteiger partial charge < -0.3 is 10.1 Å². The number of rotatable bonds is 5. The third-order valence-corrected chi connectivity index (χ3v) is 3.38. The lowest BCUT2D eigenvalue weighted by atomic mass is 10.1. The molecule has 1 N–H and O–H groups in total. The summed E-state index contributed by atoms with van der Waals surface area (Å²) >= 11 is 0. The molecule has 1 amide bonds. The van der Waals surface area contributed by atoms with E-state index >= 15 is 0 Å². The molecule has 1 aromatic heterocycles. The average Bonchev–Trinajstić information content (AvgIpc) is 2.76. The first kappa shape index (κ1) is 15.1. The minimum Gasteiger partial charge on any atom is -0.496 e. The Morgan fingerprint density at radius 3 is 2.71 bits per heavy atom. The lowest BCUT2D eigenvalue weighted by molar-refractivity contribution is -0.122. The summed E-state index contributed by atoms with van der Waals surface area (Å²) < 4.78 is 7.03. The van der Waals surface area contributed by atoms with Gasteiger partial charge in [0.1, 0.15) is 12.3 Å². The van der Waals surface area contributed by atoms with E-state index in [1.807, 2.05) is 51.1 Å². The van der Waals surface area contributed by atoms with Crippen LogP contribution in [0.5, 0.6) is 5.75 Å². The number of nitrogens with zero attached hydrogens (tertiary/aromatic N) is 2. The molecule has 0 aliphatic carbocycles. The van der Waals surface area contributed by atoms with Crippen molar-refractivity contribution in [2.24, 2.45) is 0 Å². The third-order valence-electron chi connectivity index (χ3n) is 3.38. The molecule has 0 unspecified atom stereocenters. The molecule has 0 aliphatic heterocycles. The van der Waals surface area contributed by atoms with Gasteiger partial charge in [-0.1, -0.05) is 18.2 Å². The summed E-state index contributed by atoms with van der Waals surface area (Å²) in [5, 5.41) is 7.27. The highest BCUT2D eigenvalue weighted by atomic mass is 16.5. The van der Waals surface area contributed by atoms with Gasteiger partial charge in [-0.15, -0.1) is 0 Å². The molecule has 1 aromatic carbocycles. The zero-order valence-electron chi connectivity index (χ0n) is 12.9. The molecule has 5 heteroatoms. The Balaban J connectivity index is 2.04. The van der Waals surface area contributed by atoms with Gasteiger partial charge in [-0.05, 0) is 32.9 Å².